The van der Waals surface area contributed by atoms with Gasteiger partial charge in [-0.25, -0.2) is 4.98 Å². The van der Waals surface area contributed by atoms with Crippen molar-refractivity contribution >= 4 is 16.9 Å². The molecule has 188 valence electrons. The smallest absolute Gasteiger partial charge is 0.387 e. The summed E-state index contributed by atoms with van der Waals surface area (Å²) in [5, 5.41) is 10.2. The largest absolute Gasteiger partial charge is 0.491 e. The number of benzene rings is 2. The summed E-state index contributed by atoms with van der Waals surface area (Å²) in [4.78, 5) is 23.5. The van der Waals surface area contributed by atoms with E-state index < -0.39 is 37.7 Å². The van der Waals surface area contributed by atoms with Gasteiger partial charge < -0.3 is 24.0 Å². The highest BCUT2D eigenvalue weighted by molar-refractivity contribution is 5.98. The molecule has 0 saturated carbocycles. The van der Waals surface area contributed by atoms with E-state index in [4.69, 9.17) is 18.6 Å². The van der Waals surface area contributed by atoms with Gasteiger partial charge in [0.25, 0.3) is 5.91 Å². The van der Waals surface area contributed by atoms with Crippen molar-refractivity contribution in [1.82, 2.24) is 19.4 Å². The number of fused-ring (bicyclic) bond motifs is 10. The van der Waals surface area contributed by atoms with Crippen molar-refractivity contribution in [2.24, 2.45) is 0 Å². The normalized spacial score (nSPS) is 23.5. The Morgan fingerprint density at radius 1 is 1.22 bits per heavy atom. The number of alkyl halides is 2. The Morgan fingerprint density at radius 3 is 2.95 bits per heavy atom. The van der Waals surface area contributed by atoms with Gasteiger partial charge in [0.2, 0.25) is 0 Å². The summed E-state index contributed by atoms with van der Waals surface area (Å²) in [6.07, 6.45) is 1.54. The maximum atomic E-state index is 13.6. The standard InChI is InChI=1S/C27H22F2N4O4/c1-32-19-11-18(23-15(26(32)35)3-2-4-21(23)37-27(28)29)33-17-9-13(5-6-16(17)31-25(19)33)14-10-22-24(30-12-14)20(34)7-8-36-22/h2-6,9-10,12,18-20,27,34H,7-8,11H2,1H3/t18-,19-,20?/m1/s1/i1D3. The summed E-state index contributed by atoms with van der Waals surface area (Å²) in [6, 6.07) is 9.89. The molecule has 0 spiro atoms. The van der Waals surface area contributed by atoms with Gasteiger partial charge in [-0.05, 0) is 35.9 Å². The zero-order valence-corrected chi connectivity index (χ0v) is 19.3. The summed E-state index contributed by atoms with van der Waals surface area (Å²) in [7, 11) is 0. The molecule has 37 heavy (non-hydrogen) atoms. The van der Waals surface area contributed by atoms with Crippen molar-refractivity contribution in [3.8, 4) is 22.6 Å². The van der Waals surface area contributed by atoms with Crippen molar-refractivity contribution in [1.29, 1.82) is 0 Å². The zero-order chi connectivity index (χ0) is 27.9. The van der Waals surface area contributed by atoms with E-state index in [9.17, 15) is 18.7 Å². The van der Waals surface area contributed by atoms with Crippen LogP contribution in [-0.2, 0) is 0 Å². The number of aliphatic hydroxyl groups is 1. The number of aliphatic hydroxyl groups excluding tert-OH is 1. The Labute approximate surface area is 214 Å². The van der Waals surface area contributed by atoms with Crippen LogP contribution in [-0.4, -0.2) is 50.6 Å². The third-order valence-electron chi connectivity index (χ3n) is 7.33. The number of hydrogen-bond donors (Lipinski definition) is 1. The van der Waals surface area contributed by atoms with Crippen LogP contribution in [0.5, 0.6) is 11.5 Å². The monoisotopic (exact) mass is 507 g/mol. The van der Waals surface area contributed by atoms with Crippen LogP contribution in [0.15, 0.2) is 48.7 Å². The maximum absolute atomic E-state index is 13.6. The number of nitrogens with zero attached hydrogens (tertiary/aromatic N) is 4. The fourth-order valence-corrected chi connectivity index (χ4v) is 5.68. The molecule has 0 saturated heterocycles. The second-order valence-corrected chi connectivity index (χ2v) is 9.34. The minimum Gasteiger partial charge on any atom is -0.491 e. The van der Waals surface area contributed by atoms with E-state index in [2.05, 4.69) is 4.98 Å². The molecular formula is C27H22F2N4O4. The number of hydrogen-bond acceptors (Lipinski definition) is 6. The Kier molecular flexibility index (Phi) is 4.12. The SMILES string of the molecule is [2H]C([2H])([2H])N1C(=O)c2cccc(OC(F)F)c2[C@H]2C[C@@H]1c1nc3ccc(-c4cnc5c(c4)OCCC5O)cc3n12. The van der Waals surface area contributed by atoms with Gasteiger partial charge in [-0.1, -0.05) is 12.1 Å². The Hall–Kier alpha value is -4.05. The van der Waals surface area contributed by atoms with Gasteiger partial charge in [-0.15, -0.1) is 0 Å². The second-order valence-electron chi connectivity index (χ2n) is 9.34. The molecule has 1 unspecified atom stereocenters. The Morgan fingerprint density at radius 2 is 2.11 bits per heavy atom. The van der Waals surface area contributed by atoms with Crippen LogP contribution in [0.4, 0.5) is 8.78 Å². The molecule has 8 nitrogen and oxygen atoms in total. The molecule has 2 aromatic heterocycles. The second kappa shape index (κ2) is 7.97. The maximum Gasteiger partial charge on any atom is 0.387 e. The molecule has 4 aromatic rings. The van der Waals surface area contributed by atoms with Gasteiger partial charge in [0.15, 0.2) is 0 Å². The average molecular weight is 508 g/mol. The minimum atomic E-state index is -3.14. The van der Waals surface area contributed by atoms with Crippen LogP contribution in [0, 0.1) is 0 Å². The van der Waals surface area contributed by atoms with Crippen LogP contribution in [0.3, 0.4) is 0 Å². The average Bonchev–Trinajstić information content (AvgIpc) is 3.40. The quantitative estimate of drug-likeness (QED) is 0.435. The van der Waals surface area contributed by atoms with Crippen LogP contribution >= 0.6 is 0 Å². The molecule has 1 N–H and O–H groups in total. The van der Waals surface area contributed by atoms with Gasteiger partial charge in [0.1, 0.15) is 29.1 Å². The molecule has 1 amide bonds. The predicted octanol–water partition coefficient (Wildman–Crippen LogP) is 4.64. The number of carbonyl (C=O) groups excluding carboxylic acids is 1. The number of rotatable bonds is 3. The highest BCUT2D eigenvalue weighted by Gasteiger charge is 2.45. The lowest BCUT2D eigenvalue weighted by molar-refractivity contribution is -0.0507. The van der Waals surface area contributed by atoms with E-state index in [0.29, 0.717) is 41.3 Å². The molecule has 3 atom stereocenters. The molecule has 0 aliphatic carbocycles. The first-order valence-corrected chi connectivity index (χ1v) is 11.9. The first-order valence-electron chi connectivity index (χ1n) is 13.4. The van der Waals surface area contributed by atoms with Gasteiger partial charge in [0.05, 0.1) is 29.7 Å². The van der Waals surface area contributed by atoms with Crippen LogP contribution in [0.2, 0.25) is 0 Å². The van der Waals surface area contributed by atoms with Crippen molar-refractivity contribution in [2.75, 3.05) is 13.6 Å². The molecule has 5 heterocycles. The Balaban J connectivity index is 1.43. The molecule has 3 aliphatic rings. The number of carbonyl (C=O) groups is 1. The number of amides is 1. The third-order valence-corrected chi connectivity index (χ3v) is 7.33. The molecule has 2 aromatic carbocycles. The van der Waals surface area contributed by atoms with E-state index in [0.717, 1.165) is 16.0 Å². The number of aromatic nitrogens is 3. The lowest BCUT2D eigenvalue weighted by Gasteiger charge is -2.24. The van der Waals surface area contributed by atoms with Crippen molar-refractivity contribution in [3.05, 3.63) is 71.3 Å². The topological polar surface area (TPSA) is 89.7 Å². The van der Waals surface area contributed by atoms with Crippen molar-refractivity contribution in [3.63, 3.8) is 0 Å². The molecule has 10 heteroatoms. The molecule has 3 aliphatic heterocycles. The summed E-state index contributed by atoms with van der Waals surface area (Å²) < 4.78 is 63.6. The summed E-state index contributed by atoms with van der Waals surface area (Å²) in [5.41, 5.74) is 3.35. The van der Waals surface area contributed by atoms with Crippen molar-refractivity contribution in [2.45, 2.75) is 37.6 Å². The highest BCUT2D eigenvalue weighted by Crippen LogP contribution is 2.50. The predicted molar refractivity (Wildman–Crippen MR) is 129 cm³/mol. The molecule has 0 fully saturated rings. The van der Waals surface area contributed by atoms with Crippen LogP contribution in [0.25, 0.3) is 22.2 Å². The van der Waals surface area contributed by atoms with Gasteiger partial charge in [-0.2, -0.15) is 8.78 Å². The van der Waals surface area contributed by atoms with E-state index in [1.165, 1.54) is 18.2 Å². The molecule has 2 bridgehead atoms. The lowest BCUT2D eigenvalue weighted by Crippen LogP contribution is -2.30. The summed E-state index contributed by atoms with van der Waals surface area (Å²) >= 11 is 0. The summed E-state index contributed by atoms with van der Waals surface area (Å²) in [6.45, 7) is -5.56. The number of pyridine rings is 1. The zero-order valence-electron chi connectivity index (χ0n) is 22.3. The van der Waals surface area contributed by atoms with Crippen molar-refractivity contribution < 1.29 is 32.3 Å². The van der Waals surface area contributed by atoms with E-state index >= 15 is 0 Å². The highest BCUT2D eigenvalue weighted by atomic mass is 19.3. The number of ether oxygens (including phenoxy) is 2. The van der Waals surface area contributed by atoms with Gasteiger partial charge in [0, 0.05) is 46.8 Å². The fraction of sp³-hybridized carbons (Fsp3) is 0.296. The van der Waals surface area contributed by atoms with E-state index in [-0.39, 0.29) is 23.3 Å². The van der Waals surface area contributed by atoms with Crippen LogP contribution < -0.4 is 9.47 Å². The molecule has 0 radical (unpaired) electrons. The Bertz CT molecular complexity index is 1690. The number of imidazole rings is 1. The first-order chi connectivity index (χ1) is 19.1. The molecule has 7 rings (SSSR count). The fourth-order valence-electron chi connectivity index (χ4n) is 5.68. The molecular weight excluding hydrogens is 482 g/mol. The van der Waals surface area contributed by atoms with Gasteiger partial charge in [-0.3, -0.25) is 9.78 Å². The van der Waals surface area contributed by atoms with E-state index in [1.54, 1.807) is 18.3 Å². The summed E-state index contributed by atoms with van der Waals surface area (Å²) in [5.74, 6) is -0.119. The number of halogens is 2. The lowest BCUT2D eigenvalue weighted by atomic mass is 9.97. The minimum absolute atomic E-state index is 0.0000216. The van der Waals surface area contributed by atoms with E-state index in [1.807, 2.05) is 16.7 Å². The first kappa shape index (κ1) is 19.1. The third kappa shape index (κ3) is 3.25. The van der Waals surface area contributed by atoms with Gasteiger partial charge >= 0.3 is 6.61 Å². The van der Waals surface area contributed by atoms with Crippen LogP contribution in [0.1, 0.15) is 62.6 Å².